The first-order chi connectivity index (χ1) is 7.58. The molecule has 0 amide bonds. The lowest BCUT2D eigenvalue weighted by Gasteiger charge is -2.15. The van der Waals surface area contributed by atoms with Crippen molar-refractivity contribution in [1.82, 2.24) is 0 Å². The van der Waals surface area contributed by atoms with Crippen molar-refractivity contribution in [2.75, 3.05) is 6.61 Å². The predicted octanol–water partition coefficient (Wildman–Crippen LogP) is 2.12. The Balaban J connectivity index is 2.36. The maximum atomic E-state index is 5.76. The molecule has 0 saturated carbocycles. The first-order valence-corrected chi connectivity index (χ1v) is 5.69. The van der Waals surface area contributed by atoms with Crippen LogP contribution in [0.1, 0.15) is 17.5 Å². The lowest BCUT2D eigenvalue weighted by Crippen LogP contribution is -2.32. The molecule has 2 N–H and O–H groups in total. The van der Waals surface area contributed by atoms with E-state index in [2.05, 4.69) is 6.92 Å². The van der Waals surface area contributed by atoms with Gasteiger partial charge in [-0.1, -0.05) is 12.2 Å². The van der Waals surface area contributed by atoms with Gasteiger partial charge in [-0.05, 0) is 37.1 Å². The molecule has 1 atom stereocenters. The summed E-state index contributed by atoms with van der Waals surface area (Å²) in [6.45, 7) is 4.67. The number of hydrogen-bond acceptors (Lipinski definition) is 3. The highest BCUT2D eigenvalue weighted by atomic mass is 32.1. The van der Waals surface area contributed by atoms with E-state index in [1.54, 1.807) is 0 Å². The van der Waals surface area contributed by atoms with Crippen LogP contribution in [0.2, 0.25) is 0 Å². The fourth-order valence-electron chi connectivity index (χ4n) is 1.66. The lowest BCUT2D eigenvalue weighted by molar-refractivity contribution is 0.253. The van der Waals surface area contributed by atoms with Gasteiger partial charge < -0.3 is 15.2 Å². The van der Waals surface area contributed by atoms with Crippen molar-refractivity contribution >= 4 is 17.2 Å². The molecule has 3 nitrogen and oxygen atoms in total. The van der Waals surface area contributed by atoms with Crippen molar-refractivity contribution in [2.45, 2.75) is 26.4 Å². The first-order valence-electron chi connectivity index (χ1n) is 5.28. The zero-order valence-electron chi connectivity index (χ0n) is 9.45. The molecule has 2 rings (SSSR count). The minimum absolute atomic E-state index is 0.224. The average molecular weight is 237 g/mol. The highest BCUT2D eigenvalue weighted by Gasteiger charge is 2.21. The number of aryl methyl sites for hydroxylation is 2. The van der Waals surface area contributed by atoms with Gasteiger partial charge in [0.2, 0.25) is 0 Å². The Bertz CT molecular complexity index is 431. The number of thiocarbonyl (C=S) groups is 1. The fourth-order valence-corrected chi connectivity index (χ4v) is 1.82. The van der Waals surface area contributed by atoms with E-state index in [1.165, 1.54) is 11.1 Å². The maximum absolute atomic E-state index is 5.76. The van der Waals surface area contributed by atoms with Crippen LogP contribution in [0.25, 0.3) is 0 Å². The molecule has 1 aromatic rings. The molecule has 1 aliphatic heterocycles. The molecule has 4 heteroatoms. The number of hydrogen-bond donors (Lipinski definition) is 1. The Kier molecular flexibility index (Phi) is 3.01. The first kappa shape index (κ1) is 11.2. The molecule has 16 heavy (non-hydrogen) atoms. The average Bonchev–Trinajstić information content (AvgIpc) is 2.41. The van der Waals surface area contributed by atoms with Crippen molar-refractivity contribution in [1.29, 1.82) is 0 Å². The summed E-state index contributed by atoms with van der Waals surface area (Å²) in [4.78, 5) is 0.384. The molecule has 0 aromatic heterocycles. The van der Waals surface area contributed by atoms with Crippen LogP contribution >= 0.6 is 12.2 Å². The second-order valence-corrected chi connectivity index (χ2v) is 4.50. The zero-order valence-corrected chi connectivity index (χ0v) is 10.3. The highest BCUT2D eigenvalue weighted by molar-refractivity contribution is 7.80. The van der Waals surface area contributed by atoms with Gasteiger partial charge in [0.05, 0.1) is 6.61 Å². The lowest BCUT2D eigenvalue weighted by atomic mass is 10.1. The minimum Gasteiger partial charge on any atom is -0.490 e. The fraction of sp³-hybridized carbons (Fsp3) is 0.417. The van der Waals surface area contributed by atoms with Crippen LogP contribution < -0.4 is 15.2 Å². The van der Waals surface area contributed by atoms with Gasteiger partial charge in [0.1, 0.15) is 4.99 Å². The summed E-state index contributed by atoms with van der Waals surface area (Å²) in [5.74, 6) is 1.51. The third-order valence-corrected chi connectivity index (χ3v) is 3.05. The largest absolute Gasteiger partial charge is 0.490 e. The summed E-state index contributed by atoms with van der Waals surface area (Å²) in [6, 6.07) is 3.97. The Morgan fingerprint density at radius 2 is 1.94 bits per heavy atom. The molecule has 1 aliphatic rings. The van der Waals surface area contributed by atoms with Crippen LogP contribution in [0.3, 0.4) is 0 Å². The summed E-state index contributed by atoms with van der Waals surface area (Å²) in [5, 5.41) is 0. The third-order valence-electron chi connectivity index (χ3n) is 2.78. The van der Waals surface area contributed by atoms with Gasteiger partial charge in [-0.2, -0.15) is 0 Å². The molecule has 0 bridgehead atoms. The molecule has 0 aliphatic carbocycles. The predicted molar refractivity (Wildman–Crippen MR) is 67.2 cm³/mol. The van der Waals surface area contributed by atoms with Gasteiger partial charge in [-0.25, -0.2) is 0 Å². The van der Waals surface area contributed by atoms with Gasteiger partial charge in [-0.15, -0.1) is 0 Å². The normalized spacial score (nSPS) is 19.0. The summed E-state index contributed by atoms with van der Waals surface area (Å²) < 4.78 is 11.4. The van der Waals surface area contributed by atoms with Crippen molar-refractivity contribution in [3.05, 3.63) is 23.3 Å². The molecule has 0 radical (unpaired) electrons. The van der Waals surface area contributed by atoms with Crippen LogP contribution in [0.5, 0.6) is 11.5 Å². The Morgan fingerprint density at radius 1 is 1.31 bits per heavy atom. The second-order valence-electron chi connectivity index (χ2n) is 4.03. The maximum Gasteiger partial charge on any atom is 0.162 e. The van der Waals surface area contributed by atoms with Crippen LogP contribution in [0, 0.1) is 13.8 Å². The van der Waals surface area contributed by atoms with Gasteiger partial charge in [-0.3, -0.25) is 0 Å². The van der Waals surface area contributed by atoms with E-state index in [0.29, 0.717) is 18.0 Å². The molecule has 86 valence electrons. The Morgan fingerprint density at radius 3 is 2.56 bits per heavy atom. The molecular weight excluding hydrogens is 222 g/mol. The highest BCUT2D eigenvalue weighted by Crippen LogP contribution is 2.33. The number of benzene rings is 1. The van der Waals surface area contributed by atoms with E-state index in [-0.39, 0.29) is 6.10 Å². The van der Waals surface area contributed by atoms with Gasteiger partial charge in [0.15, 0.2) is 17.6 Å². The zero-order chi connectivity index (χ0) is 11.7. The SMILES string of the molecule is Cc1cc2c(cc1C)OC(C(N)=S)CCO2. The van der Waals surface area contributed by atoms with Crippen molar-refractivity contribution < 1.29 is 9.47 Å². The third kappa shape index (κ3) is 2.11. The van der Waals surface area contributed by atoms with Gasteiger partial charge in [0, 0.05) is 6.42 Å². The Labute approximate surface area is 101 Å². The van der Waals surface area contributed by atoms with Crippen LogP contribution in [-0.2, 0) is 0 Å². The molecule has 1 unspecified atom stereocenters. The van der Waals surface area contributed by atoms with E-state index in [9.17, 15) is 0 Å². The summed E-state index contributed by atoms with van der Waals surface area (Å²) in [6.07, 6.45) is 0.473. The van der Waals surface area contributed by atoms with Crippen molar-refractivity contribution in [3.63, 3.8) is 0 Å². The topological polar surface area (TPSA) is 44.5 Å². The second kappa shape index (κ2) is 4.29. The monoisotopic (exact) mass is 237 g/mol. The number of ether oxygens (including phenoxy) is 2. The molecule has 0 saturated heterocycles. The standard InChI is InChI=1S/C12H15NO2S/c1-7-5-10-11(6-8(7)2)15-9(12(13)16)3-4-14-10/h5-6,9H,3-4H2,1-2H3,(H2,13,16). The molecule has 0 spiro atoms. The van der Waals surface area contributed by atoms with E-state index in [0.717, 1.165) is 11.5 Å². The van der Waals surface area contributed by atoms with Crippen LogP contribution in [-0.4, -0.2) is 17.7 Å². The van der Waals surface area contributed by atoms with Crippen LogP contribution in [0.15, 0.2) is 12.1 Å². The van der Waals surface area contributed by atoms with Gasteiger partial charge in [0.25, 0.3) is 0 Å². The summed E-state index contributed by atoms with van der Waals surface area (Å²) >= 11 is 4.96. The number of nitrogens with two attached hydrogens (primary N) is 1. The van der Waals surface area contributed by atoms with Crippen molar-refractivity contribution in [2.24, 2.45) is 5.73 Å². The van der Waals surface area contributed by atoms with E-state index in [4.69, 9.17) is 27.4 Å². The number of rotatable bonds is 1. The van der Waals surface area contributed by atoms with Crippen LogP contribution in [0.4, 0.5) is 0 Å². The van der Waals surface area contributed by atoms with Crippen molar-refractivity contribution in [3.8, 4) is 11.5 Å². The Hall–Kier alpha value is -1.29. The minimum atomic E-state index is -0.224. The molecule has 0 fully saturated rings. The van der Waals surface area contributed by atoms with E-state index < -0.39 is 0 Å². The van der Waals surface area contributed by atoms with E-state index in [1.807, 2.05) is 19.1 Å². The molecule has 1 heterocycles. The van der Waals surface area contributed by atoms with Gasteiger partial charge >= 0.3 is 0 Å². The van der Waals surface area contributed by atoms with E-state index >= 15 is 0 Å². The molecular formula is C12H15NO2S. The summed E-state index contributed by atoms with van der Waals surface area (Å²) in [7, 11) is 0. The smallest absolute Gasteiger partial charge is 0.162 e. The quantitative estimate of drug-likeness (QED) is 0.760. The summed E-state index contributed by atoms with van der Waals surface area (Å²) in [5.41, 5.74) is 7.98. The number of fused-ring (bicyclic) bond motifs is 1. The molecule has 1 aromatic carbocycles.